The molecule has 0 amide bonds. The molecule has 1 N–H and O–H groups in total. The third-order valence-corrected chi connectivity index (χ3v) is 2.67. The van der Waals surface area contributed by atoms with Crippen molar-refractivity contribution in [2.24, 2.45) is 5.92 Å². The van der Waals surface area contributed by atoms with Gasteiger partial charge in [0.05, 0.1) is 0 Å². The van der Waals surface area contributed by atoms with Crippen molar-refractivity contribution in [3.8, 4) is 0 Å². The van der Waals surface area contributed by atoms with E-state index in [2.05, 4.69) is 33.1 Å². The molecule has 68 valence electrons. The smallest absolute Gasteiger partial charge is 0.00640 e. The second-order valence-electron chi connectivity index (χ2n) is 3.31. The van der Waals surface area contributed by atoms with Gasteiger partial charge in [0, 0.05) is 6.04 Å². The fourth-order valence-corrected chi connectivity index (χ4v) is 1.51. The van der Waals surface area contributed by atoms with Crippen LogP contribution in [0, 0.1) is 5.92 Å². The maximum absolute atomic E-state index is 3.35. The van der Waals surface area contributed by atoms with Gasteiger partial charge in [-0.2, -0.15) is 0 Å². The van der Waals surface area contributed by atoms with E-state index in [1.54, 1.807) is 0 Å². The van der Waals surface area contributed by atoms with Crippen LogP contribution in [0.5, 0.6) is 0 Å². The van der Waals surface area contributed by atoms with E-state index < -0.39 is 0 Å². The fraction of sp³-hybridized carbons (Fsp3) is 1.00. The Morgan fingerprint density at radius 1 is 1.00 bits per heavy atom. The van der Waals surface area contributed by atoms with Gasteiger partial charge in [-0.05, 0) is 25.8 Å². The van der Waals surface area contributed by atoms with E-state index in [1.807, 2.05) is 0 Å². The Morgan fingerprint density at radius 2 is 1.55 bits per heavy atom. The van der Waals surface area contributed by atoms with Gasteiger partial charge in [-0.3, -0.25) is 0 Å². The van der Waals surface area contributed by atoms with Crippen LogP contribution in [-0.2, 0) is 0 Å². The van der Waals surface area contributed by atoms with Crippen LogP contribution in [0.25, 0.3) is 0 Å². The zero-order valence-corrected chi connectivity index (χ0v) is 8.48. The van der Waals surface area contributed by atoms with Gasteiger partial charge in [-0.1, -0.05) is 33.6 Å². The van der Waals surface area contributed by atoms with Crippen LogP contribution < -0.4 is 5.32 Å². The van der Waals surface area contributed by atoms with E-state index in [1.165, 1.54) is 25.7 Å². The molecule has 1 unspecified atom stereocenters. The van der Waals surface area contributed by atoms with Crippen molar-refractivity contribution in [2.75, 3.05) is 7.05 Å². The Hall–Kier alpha value is -0.0400. The summed E-state index contributed by atoms with van der Waals surface area (Å²) in [6, 6.07) is 0.736. The summed E-state index contributed by atoms with van der Waals surface area (Å²) < 4.78 is 0. The Labute approximate surface area is 71.6 Å². The third kappa shape index (κ3) is 4.41. The van der Waals surface area contributed by atoms with Gasteiger partial charge in [0.15, 0.2) is 0 Å². The largest absolute Gasteiger partial charge is 0.317 e. The predicted molar refractivity (Wildman–Crippen MR) is 51.8 cm³/mol. The SMILES string of the molecule is CCC(CC)CC(CC)NC. The quantitative estimate of drug-likeness (QED) is 0.625. The van der Waals surface area contributed by atoms with E-state index in [9.17, 15) is 0 Å². The monoisotopic (exact) mass is 157 g/mol. The molecular weight excluding hydrogens is 134 g/mol. The molecule has 0 saturated carbocycles. The molecule has 0 radical (unpaired) electrons. The molecule has 0 spiro atoms. The number of nitrogens with one attached hydrogen (secondary N) is 1. The Bertz CT molecular complexity index is 62.9. The maximum Gasteiger partial charge on any atom is 0.00640 e. The summed E-state index contributed by atoms with van der Waals surface area (Å²) in [5.74, 6) is 0.924. The topological polar surface area (TPSA) is 12.0 Å². The van der Waals surface area contributed by atoms with Gasteiger partial charge in [-0.15, -0.1) is 0 Å². The molecule has 1 nitrogen and oxygen atoms in total. The number of rotatable bonds is 6. The molecular formula is C10H23N. The molecule has 0 aliphatic heterocycles. The second kappa shape index (κ2) is 6.66. The summed E-state index contributed by atoms with van der Waals surface area (Å²) in [4.78, 5) is 0. The molecule has 0 fully saturated rings. The van der Waals surface area contributed by atoms with E-state index >= 15 is 0 Å². The van der Waals surface area contributed by atoms with Crippen LogP contribution in [-0.4, -0.2) is 13.1 Å². The van der Waals surface area contributed by atoms with E-state index in [4.69, 9.17) is 0 Å². The minimum Gasteiger partial charge on any atom is -0.317 e. The molecule has 0 aliphatic carbocycles. The Balaban J connectivity index is 3.58. The van der Waals surface area contributed by atoms with Crippen molar-refractivity contribution in [1.29, 1.82) is 0 Å². The lowest BCUT2D eigenvalue weighted by Gasteiger charge is -2.19. The van der Waals surface area contributed by atoms with Crippen molar-refractivity contribution >= 4 is 0 Å². The summed E-state index contributed by atoms with van der Waals surface area (Å²) >= 11 is 0. The van der Waals surface area contributed by atoms with Gasteiger partial charge in [-0.25, -0.2) is 0 Å². The zero-order valence-electron chi connectivity index (χ0n) is 8.48. The Morgan fingerprint density at radius 3 is 1.82 bits per heavy atom. The lowest BCUT2D eigenvalue weighted by molar-refractivity contribution is 0.373. The molecule has 0 aliphatic rings. The molecule has 0 bridgehead atoms. The first-order chi connectivity index (χ1) is 5.28. The van der Waals surface area contributed by atoms with Crippen molar-refractivity contribution < 1.29 is 0 Å². The average Bonchev–Trinajstić information content (AvgIpc) is 2.07. The molecule has 0 saturated heterocycles. The van der Waals surface area contributed by atoms with Crippen molar-refractivity contribution in [2.45, 2.75) is 52.5 Å². The third-order valence-electron chi connectivity index (χ3n) is 2.67. The van der Waals surface area contributed by atoms with Crippen LogP contribution in [0.2, 0.25) is 0 Å². The molecule has 11 heavy (non-hydrogen) atoms. The standard InChI is InChI=1S/C10H23N/c1-5-9(6-2)8-10(7-3)11-4/h9-11H,5-8H2,1-4H3. The molecule has 0 aromatic heterocycles. The first kappa shape index (κ1) is 11.0. The molecule has 0 aromatic rings. The molecule has 1 heteroatoms. The maximum atomic E-state index is 3.35. The first-order valence-electron chi connectivity index (χ1n) is 4.95. The lowest BCUT2D eigenvalue weighted by Crippen LogP contribution is -2.26. The summed E-state index contributed by atoms with van der Waals surface area (Å²) in [7, 11) is 2.07. The van der Waals surface area contributed by atoms with Crippen LogP contribution in [0.4, 0.5) is 0 Å². The second-order valence-corrected chi connectivity index (χ2v) is 3.31. The summed E-state index contributed by atoms with van der Waals surface area (Å²) in [6.07, 6.45) is 5.26. The van der Waals surface area contributed by atoms with Crippen LogP contribution >= 0.6 is 0 Å². The van der Waals surface area contributed by atoms with Gasteiger partial charge in [0.25, 0.3) is 0 Å². The average molecular weight is 157 g/mol. The highest BCUT2D eigenvalue weighted by atomic mass is 14.9. The predicted octanol–water partition coefficient (Wildman–Crippen LogP) is 2.81. The van der Waals surface area contributed by atoms with Crippen molar-refractivity contribution in [1.82, 2.24) is 5.32 Å². The van der Waals surface area contributed by atoms with Gasteiger partial charge >= 0.3 is 0 Å². The zero-order chi connectivity index (χ0) is 8.69. The van der Waals surface area contributed by atoms with Gasteiger partial charge < -0.3 is 5.32 Å². The highest BCUT2D eigenvalue weighted by molar-refractivity contribution is 4.67. The van der Waals surface area contributed by atoms with E-state index in [0.717, 1.165) is 12.0 Å². The number of hydrogen-bond donors (Lipinski definition) is 1. The number of hydrogen-bond acceptors (Lipinski definition) is 1. The van der Waals surface area contributed by atoms with Crippen molar-refractivity contribution in [3.63, 3.8) is 0 Å². The van der Waals surface area contributed by atoms with E-state index in [0.29, 0.717) is 0 Å². The normalized spacial score (nSPS) is 13.9. The minimum absolute atomic E-state index is 0.736. The van der Waals surface area contributed by atoms with Crippen LogP contribution in [0.15, 0.2) is 0 Å². The molecule has 0 heterocycles. The first-order valence-corrected chi connectivity index (χ1v) is 4.95. The van der Waals surface area contributed by atoms with Crippen LogP contribution in [0.1, 0.15) is 46.5 Å². The fourth-order valence-electron chi connectivity index (χ4n) is 1.51. The molecule has 1 atom stereocenters. The Kier molecular flexibility index (Phi) is 6.63. The van der Waals surface area contributed by atoms with Gasteiger partial charge in [0.2, 0.25) is 0 Å². The van der Waals surface area contributed by atoms with Crippen LogP contribution in [0.3, 0.4) is 0 Å². The minimum atomic E-state index is 0.736. The van der Waals surface area contributed by atoms with E-state index in [-0.39, 0.29) is 0 Å². The summed E-state index contributed by atoms with van der Waals surface area (Å²) in [5.41, 5.74) is 0. The highest BCUT2D eigenvalue weighted by Gasteiger charge is 2.09. The lowest BCUT2D eigenvalue weighted by atomic mass is 9.94. The molecule has 0 aromatic carbocycles. The summed E-state index contributed by atoms with van der Waals surface area (Å²) in [5, 5.41) is 3.35. The summed E-state index contributed by atoms with van der Waals surface area (Å²) in [6.45, 7) is 6.83. The molecule has 0 rings (SSSR count). The highest BCUT2D eigenvalue weighted by Crippen LogP contribution is 2.15. The van der Waals surface area contributed by atoms with Gasteiger partial charge in [0.1, 0.15) is 0 Å². The van der Waals surface area contributed by atoms with Crippen molar-refractivity contribution in [3.05, 3.63) is 0 Å².